The summed E-state index contributed by atoms with van der Waals surface area (Å²) < 4.78 is 3.57. The summed E-state index contributed by atoms with van der Waals surface area (Å²) in [5.74, 6) is 1.59. The third-order valence-corrected chi connectivity index (χ3v) is 6.92. The van der Waals surface area contributed by atoms with Gasteiger partial charge in [-0.3, -0.25) is 18.6 Å². The first-order valence-corrected chi connectivity index (χ1v) is 12.5. The first kappa shape index (κ1) is 21.7. The molecule has 1 fully saturated rings. The Labute approximate surface area is 196 Å². The van der Waals surface area contributed by atoms with Crippen LogP contribution in [0, 0.1) is 5.92 Å². The monoisotopic (exact) mass is 461 g/mol. The van der Waals surface area contributed by atoms with Crippen LogP contribution in [0.5, 0.6) is 0 Å². The molecule has 8 heteroatoms. The molecule has 0 saturated heterocycles. The lowest BCUT2D eigenvalue weighted by Crippen LogP contribution is -2.35. The van der Waals surface area contributed by atoms with E-state index in [1.54, 1.807) is 4.57 Å². The molecule has 7 nitrogen and oxygen atoms in total. The fourth-order valence-electron chi connectivity index (χ4n) is 4.15. The first-order valence-electron chi connectivity index (χ1n) is 11.5. The van der Waals surface area contributed by atoms with Crippen molar-refractivity contribution in [3.63, 3.8) is 0 Å². The average molecular weight is 462 g/mol. The molecule has 1 saturated carbocycles. The van der Waals surface area contributed by atoms with Crippen molar-refractivity contribution >= 4 is 34.3 Å². The number of fused-ring (bicyclic) bond motifs is 3. The highest BCUT2D eigenvalue weighted by Gasteiger charge is 2.27. The number of carbonyl (C=O) groups excluding carboxylic acids is 1. The summed E-state index contributed by atoms with van der Waals surface area (Å²) in [6.45, 7) is 4.15. The Balaban J connectivity index is 1.50. The van der Waals surface area contributed by atoms with Crippen LogP contribution >= 0.6 is 11.8 Å². The standard InChI is InChI=1S/C25H27N5O2S/c1-2-14-28(15-19-12-13-19)22(31)17-33-25-27-26-24-29(16-18-8-4-3-5-9-18)23(32)20-10-6-7-11-21(20)30(24)25/h3-11,19H,2,12-17H2,1H3. The zero-order valence-corrected chi connectivity index (χ0v) is 19.5. The van der Waals surface area contributed by atoms with Gasteiger partial charge in [0.2, 0.25) is 11.7 Å². The van der Waals surface area contributed by atoms with Gasteiger partial charge in [0.1, 0.15) is 0 Å². The molecule has 170 valence electrons. The van der Waals surface area contributed by atoms with Crippen LogP contribution in [0.4, 0.5) is 0 Å². The van der Waals surface area contributed by atoms with Crippen molar-refractivity contribution in [1.29, 1.82) is 0 Å². The number of aromatic nitrogens is 4. The van der Waals surface area contributed by atoms with E-state index in [1.165, 1.54) is 24.6 Å². The Hall–Kier alpha value is -3.13. The number of amides is 1. The minimum atomic E-state index is -0.0967. The molecular weight excluding hydrogens is 434 g/mol. The second-order valence-corrected chi connectivity index (χ2v) is 9.53. The largest absolute Gasteiger partial charge is 0.342 e. The topological polar surface area (TPSA) is 72.5 Å². The molecule has 4 aromatic rings. The van der Waals surface area contributed by atoms with E-state index in [0.717, 1.165) is 30.6 Å². The molecule has 0 spiro atoms. The molecule has 2 aromatic carbocycles. The summed E-state index contributed by atoms with van der Waals surface area (Å²) in [5, 5.41) is 9.99. The summed E-state index contributed by atoms with van der Waals surface area (Å²) in [4.78, 5) is 28.2. The SMILES string of the molecule is CCCN(CC1CC1)C(=O)CSc1nnc2n(Cc3ccccc3)c(=O)c3ccccc3n12. The van der Waals surface area contributed by atoms with Gasteiger partial charge in [0.25, 0.3) is 5.56 Å². The molecule has 0 bridgehead atoms. The van der Waals surface area contributed by atoms with E-state index in [1.807, 2.05) is 63.9 Å². The fourth-order valence-corrected chi connectivity index (χ4v) is 5.00. The lowest BCUT2D eigenvalue weighted by Gasteiger charge is -2.21. The van der Waals surface area contributed by atoms with Crippen molar-refractivity contribution in [3.8, 4) is 0 Å². The van der Waals surface area contributed by atoms with Gasteiger partial charge in [-0.05, 0) is 42.9 Å². The minimum absolute atomic E-state index is 0.0967. The van der Waals surface area contributed by atoms with Crippen LogP contribution in [0.1, 0.15) is 31.7 Å². The molecule has 5 rings (SSSR count). The van der Waals surface area contributed by atoms with Crippen molar-refractivity contribution < 1.29 is 4.79 Å². The van der Waals surface area contributed by atoms with Gasteiger partial charge in [0.15, 0.2) is 5.16 Å². The van der Waals surface area contributed by atoms with Crippen molar-refractivity contribution in [1.82, 2.24) is 24.1 Å². The van der Waals surface area contributed by atoms with Crippen LogP contribution in [0.3, 0.4) is 0 Å². The Morgan fingerprint density at radius 3 is 2.61 bits per heavy atom. The van der Waals surface area contributed by atoms with Crippen molar-refractivity contribution in [2.24, 2.45) is 5.92 Å². The van der Waals surface area contributed by atoms with Gasteiger partial charge in [-0.1, -0.05) is 61.2 Å². The zero-order chi connectivity index (χ0) is 22.8. The van der Waals surface area contributed by atoms with E-state index < -0.39 is 0 Å². The van der Waals surface area contributed by atoms with Gasteiger partial charge in [0.05, 0.1) is 23.2 Å². The Bertz CT molecular complexity index is 1340. The van der Waals surface area contributed by atoms with E-state index >= 15 is 0 Å². The summed E-state index contributed by atoms with van der Waals surface area (Å²) in [5.41, 5.74) is 1.67. The maximum absolute atomic E-state index is 13.3. The highest BCUT2D eigenvalue weighted by atomic mass is 32.2. The maximum Gasteiger partial charge on any atom is 0.263 e. The molecule has 33 heavy (non-hydrogen) atoms. The second-order valence-electron chi connectivity index (χ2n) is 8.58. The van der Waals surface area contributed by atoms with Gasteiger partial charge < -0.3 is 4.90 Å². The average Bonchev–Trinajstić information content (AvgIpc) is 3.56. The van der Waals surface area contributed by atoms with Crippen molar-refractivity contribution in [3.05, 3.63) is 70.5 Å². The van der Waals surface area contributed by atoms with Crippen LogP contribution in [-0.4, -0.2) is 48.8 Å². The van der Waals surface area contributed by atoms with Crippen LogP contribution in [-0.2, 0) is 11.3 Å². The van der Waals surface area contributed by atoms with E-state index in [0.29, 0.717) is 34.5 Å². The molecule has 0 atom stereocenters. The molecule has 1 amide bonds. The lowest BCUT2D eigenvalue weighted by atomic mass is 10.2. The van der Waals surface area contributed by atoms with E-state index in [-0.39, 0.29) is 11.5 Å². The molecule has 0 aliphatic heterocycles. The quantitative estimate of drug-likeness (QED) is 0.354. The van der Waals surface area contributed by atoms with Crippen molar-refractivity contribution in [2.45, 2.75) is 37.9 Å². The number of nitrogens with zero attached hydrogens (tertiary/aromatic N) is 5. The van der Waals surface area contributed by atoms with E-state index in [2.05, 4.69) is 17.1 Å². The van der Waals surface area contributed by atoms with Gasteiger partial charge >= 0.3 is 0 Å². The van der Waals surface area contributed by atoms with E-state index in [9.17, 15) is 9.59 Å². The van der Waals surface area contributed by atoms with Crippen LogP contribution in [0.25, 0.3) is 16.7 Å². The normalized spacial score (nSPS) is 13.6. The second kappa shape index (κ2) is 9.39. The molecule has 0 N–H and O–H groups in total. The summed E-state index contributed by atoms with van der Waals surface area (Å²) in [6.07, 6.45) is 3.40. The summed E-state index contributed by atoms with van der Waals surface area (Å²) >= 11 is 1.38. The number of para-hydroxylation sites is 1. The predicted molar refractivity (Wildman–Crippen MR) is 131 cm³/mol. The van der Waals surface area contributed by atoms with E-state index in [4.69, 9.17) is 0 Å². The predicted octanol–water partition coefficient (Wildman–Crippen LogP) is 3.83. The molecule has 2 heterocycles. The van der Waals surface area contributed by atoms with Gasteiger partial charge in [-0.25, -0.2) is 0 Å². The van der Waals surface area contributed by atoms with Gasteiger partial charge in [-0.15, -0.1) is 10.2 Å². The van der Waals surface area contributed by atoms with Crippen LogP contribution in [0.15, 0.2) is 64.5 Å². The molecule has 1 aliphatic rings. The van der Waals surface area contributed by atoms with Gasteiger partial charge in [0, 0.05) is 13.1 Å². The number of hydrogen-bond acceptors (Lipinski definition) is 5. The molecule has 0 unspecified atom stereocenters. The number of hydrogen-bond donors (Lipinski definition) is 0. The first-order chi connectivity index (χ1) is 16.2. The number of carbonyl (C=O) groups is 1. The third-order valence-electron chi connectivity index (χ3n) is 6.01. The Morgan fingerprint density at radius 1 is 1.09 bits per heavy atom. The molecule has 1 aliphatic carbocycles. The Morgan fingerprint density at radius 2 is 1.85 bits per heavy atom. The highest BCUT2D eigenvalue weighted by molar-refractivity contribution is 7.99. The fraction of sp³-hybridized carbons (Fsp3) is 0.360. The minimum Gasteiger partial charge on any atom is -0.342 e. The Kier molecular flexibility index (Phi) is 6.17. The number of benzene rings is 2. The third kappa shape index (κ3) is 4.53. The van der Waals surface area contributed by atoms with Crippen molar-refractivity contribution in [2.75, 3.05) is 18.8 Å². The summed E-state index contributed by atoms with van der Waals surface area (Å²) in [7, 11) is 0. The highest BCUT2D eigenvalue weighted by Crippen LogP contribution is 2.30. The molecule has 0 radical (unpaired) electrons. The molecule has 2 aromatic heterocycles. The molecular formula is C25H27N5O2S. The zero-order valence-electron chi connectivity index (χ0n) is 18.7. The summed E-state index contributed by atoms with van der Waals surface area (Å²) in [6, 6.07) is 17.4. The lowest BCUT2D eigenvalue weighted by molar-refractivity contribution is -0.128. The smallest absolute Gasteiger partial charge is 0.263 e. The van der Waals surface area contributed by atoms with Gasteiger partial charge in [-0.2, -0.15) is 0 Å². The maximum atomic E-state index is 13.3. The van der Waals surface area contributed by atoms with Crippen LogP contribution < -0.4 is 5.56 Å². The number of rotatable bonds is 9. The number of thioether (sulfide) groups is 1. The van der Waals surface area contributed by atoms with Crippen LogP contribution in [0.2, 0.25) is 0 Å².